The highest BCUT2D eigenvalue weighted by Crippen LogP contribution is 2.26. The van der Waals surface area contributed by atoms with E-state index in [1.165, 1.54) is 30.6 Å². The molecule has 0 aliphatic heterocycles. The number of ether oxygens (including phenoxy) is 1. The zero-order valence-corrected chi connectivity index (χ0v) is 11.6. The number of sulfonamides is 1. The normalized spacial score (nSPS) is 11.8. The fourth-order valence-corrected chi connectivity index (χ4v) is 2.89. The van der Waals surface area contributed by atoms with Gasteiger partial charge in [0.1, 0.15) is 16.5 Å². The Kier molecular flexibility index (Phi) is 5.10. The fraction of sp³-hybridized carbons (Fsp3) is 0.500. The van der Waals surface area contributed by atoms with Crippen molar-refractivity contribution < 1.29 is 17.5 Å². The van der Waals surface area contributed by atoms with Crippen molar-refractivity contribution in [2.75, 3.05) is 20.7 Å². The Balaban J connectivity index is 3.14. The third-order valence-electron chi connectivity index (χ3n) is 2.64. The molecule has 0 radical (unpaired) electrons. The summed E-state index contributed by atoms with van der Waals surface area (Å²) in [6.45, 7) is 2.38. The van der Waals surface area contributed by atoms with Crippen molar-refractivity contribution in [3.05, 3.63) is 24.0 Å². The molecule has 1 aromatic rings. The number of halogens is 1. The van der Waals surface area contributed by atoms with Crippen LogP contribution in [0.1, 0.15) is 19.8 Å². The summed E-state index contributed by atoms with van der Waals surface area (Å²) in [7, 11) is -0.867. The largest absolute Gasteiger partial charge is 0.495 e. The van der Waals surface area contributed by atoms with E-state index in [0.717, 1.165) is 18.9 Å². The minimum absolute atomic E-state index is 0.136. The topological polar surface area (TPSA) is 46.6 Å². The third-order valence-corrected chi connectivity index (χ3v) is 4.52. The van der Waals surface area contributed by atoms with Gasteiger partial charge in [-0.2, -0.15) is 0 Å². The molecule has 0 atom stereocenters. The van der Waals surface area contributed by atoms with Crippen LogP contribution in [0.5, 0.6) is 5.75 Å². The summed E-state index contributed by atoms with van der Waals surface area (Å²) in [5.41, 5.74) is 0. The first-order valence-corrected chi connectivity index (χ1v) is 7.17. The SMILES string of the molecule is CCCCN(C)S(=O)(=O)c1cc(F)ccc1OC. The monoisotopic (exact) mass is 275 g/mol. The molecule has 0 aliphatic carbocycles. The first-order chi connectivity index (χ1) is 8.43. The fourth-order valence-electron chi connectivity index (χ4n) is 1.52. The first kappa shape index (κ1) is 14.9. The molecule has 1 rings (SSSR count). The van der Waals surface area contributed by atoms with E-state index >= 15 is 0 Å². The Morgan fingerprint density at radius 3 is 2.61 bits per heavy atom. The standard InChI is InChI=1S/C12H18FNO3S/c1-4-5-8-14(2)18(15,16)12-9-10(13)6-7-11(12)17-3/h6-7,9H,4-5,8H2,1-3H3. The van der Waals surface area contributed by atoms with Crippen LogP contribution in [0.4, 0.5) is 4.39 Å². The van der Waals surface area contributed by atoms with Gasteiger partial charge in [0.15, 0.2) is 0 Å². The molecule has 0 heterocycles. The first-order valence-electron chi connectivity index (χ1n) is 5.73. The molecule has 0 saturated carbocycles. The van der Waals surface area contributed by atoms with E-state index in [9.17, 15) is 12.8 Å². The Morgan fingerprint density at radius 2 is 2.06 bits per heavy atom. The second-order valence-electron chi connectivity index (χ2n) is 3.98. The van der Waals surface area contributed by atoms with Crippen molar-refractivity contribution in [3.63, 3.8) is 0 Å². The van der Waals surface area contributed by atoms with Crippen LogP contribution in [0.3, 0.4) is 0 Å². The average Bonchev–Trinajstić information content (AvgIpc) is 2.35. The van der Waals surface area contributed by atoms with Gasteiger partial charge >= 0.3 is 0 Å². The summed E-state index contributed by atoms with van der Waals surface area (Å²) in [5.74, 6) is -0.446. The van der Waals surface area contributed by atoms with E-state index in [4.69, 9.17) is 4.74 Å². The zero-order valence-electron chi connectivity index (χ0n) is 10.8. The Labute approximate surface area is 107 Å². The summed E-state index contributed by atoms with van der Waals surface area (Å²) in [6.07, 6.45) is 1.65. The maximum atomic E-state index is 13.2. The van der Waals surface area contributed by atoms with Crippen LogP contribution in [-0.2, 0) is 10.0 Å². The number of methoxy groups -OCH3 is 1. The van der Waals surface area contributed by atoms with E-state index in [0.29, 0.717) is 6.54 Å². The molecule has 0 spiro atoms. The Bertz CT molecular complexity index is 502. The second-order valence-corrected chi connectivity index (χ2v) is 5.99. The summed E-state index contributed by atoms with van der Waals surface area (Å²) in [6, 6.07) is 3.47. The molecular formula is C12H18FNO3S. The van der Waals surface area contributed by atoms with E-state index in [1.54, 1.807) is 0 Å². The highest BCUT2D eigenvalue weighted by molar-refractivity contribution is 7.89. The van der Waals surface area contributed by atoms with Crippen LogP contribution in [-0.4, -0.2) is 33.4 Å². The number of unbranched alkanes of at least 4 members (excludes halogenated alkanes) is 1. The average molecular weight is 275 g/mol. The molecule has 0 aliphatic rings. The minimum atomic E-state index is -3.71. The van der Waals surface area contributed by atoms with Crippen molar-refractivity contribution in [2.24, 2.45) is 0 Å². The van der Waals surface area contributed by atoms with Crippen molar-refractivity contribution in [3.8, 4) is 5.75 Å². The molecular weight excluding hydrogens is 257 g/mol. The predicted molar refractivity (Wildman–Crippen MR) is 67.7 cm³/mol. The molecule has 0 saturated heterocycles. The highest BCUT2D eigenvalue weighted by Gasteiger charge is 2.24. The van der Waals surface area contributed by atoms with Gasteiger partial charge in [-0.25, -0.2) is 17.1 Å². The van der Waals surface area contributed by atoms with Gasteiger partial charge < -0.3 is 4.74 Å². The lowest BCUT2D eigenvalue weighted by molar-refractivity contribution is 0.395. The van der Waals surface area contributed by atoms with Crippen molar-refractivity contribution in [2.45, 2.75) is 24.7 Å². The van der Waals surface area contributed by atoms with Crippen LogP contribution in [0.25, 0.3) is 0 Å². The Morgan fingerprint density at radius 1 is 1.39 bits per heavy atom. The van der Waals surface area contributed by atoms with E-state index in [1.807, 2.05) is 6.92 Å². The number of hydrogen-bond acceptors (Lipinski definition) is 3. The maximum Gasteiger partial charge on any atom is 0.246 e. The predicted octanol–water partition coefficient (Wildman–Crippen LogP) is 2.25. The lowest BCUT2D eigenvalue weighted by Crippen LogP contribution is -2.28. The zero-order chi connectivity index (χ0) is 13.8. The lowest BCUT2D eigenvalue weighted by atomic mass is 10.3. The molecule has 102 valence electrons. The molecule has 6 heteroatoms. The molecule has 18 heavy (non-hydrogen) atoms. The molecule has 1 aromatic carbocycles. The number of nitrogens with zero attached hydrogens (tertiary/aromatic N) is 1. The molecule has 0 N–H and O–H groups in total. The van der Waals surface area contributed by atoms with Crippen LogP contribution in [0, 0.1) is 5.82 Å². The molecule has 0 fully saturated rings. The maximum absolute atomic E-state index is 13.2. The van der Waals surface area contributed by atoms with E-state index in [-0.39, 0.29) is 10.6 Å². The van der Waals surface area contributed by atoms with Crippen LogP contribution in [0.2, 0.25) is 0 Å². The van der Waals surface area contributed by atoms with Gasteiger partial charge in [0.2, 0.25) is 10.0 Å². The van der Waals surface area contributed by atoms with Gasteiger partial charge in [-0.1, -0.05) is 13.3 Å². The summed E-state index contributed by atoms with van der Waals surface area (Å²) in [5, 5.41) is 0. The number of hydrogen-bond donors (Lipinski definition) is 0. The minimum Gasteiger partial charge on any atom is -0.495 e. The molecule has 0 bridgehead atoms. The van der Waals surface area contributed by atoms with Crippen molar-refractivity contribution >= 4 is 10.0 Å². The van der Waals surface area contributed by atoms with Crippen LogP contribution >= 0.6 is 0 Å². The van der Waals surface area contributed by atoms with E-state index in [2.05, 4.69) is 0 Å². The molecule has 0 aromatic heterocycles. The van der Waals surface area contributed by atoms with Crippen LogP contribution < -0.4 is 4.74 Å². The lowest BCUT2D eigenvalue weighted by Gasteiger charge is -2.18. The van der Waals surface area contributed by atoms with Crippen molar-refractivity contribution in [1.29, 1.82) is 0 Å². The Hall–Kier alpha value is -1.14. The molecule has 0 unspecified atom stereocenters. The molecule has 4 nitrogen and oxygen atoms in total. The summed E-state index contributed by atoms with van der Waals surface area (Å²) < 4.78 is 43.9. The number of rotatable bonds is 6. The summed E-state index contributed by atoms with van der Waals surface area (Å²) in [4.78, 5) is -0.136. The highest BCUT2D eigenvalue weighted by atomic mass is 32.2. The van der Waals surface area contributed by atoms with Gasteiger partial charge in [-0.3, -0.25) is 0 Å². The second kappa shape index (κ2) is 6.15. The van der Waals surface area contributed by atoms with Gasteiger partial charge in [-0.15, -0.1) is 0 Å². The third kappa shape index (κ3) is 3.20. The van der Waals surface area contributed by atoms with Crippen molar-refractivity contribution in [1.82, 2.24) is 4.31 Å². The van der Waals surface area contributed by atoms with Gasteiger partial charge in [0.25, 0.3) is 0 Å². The quantitative estimate of drug-likeness (QED) is 0.800. The van der Waals surface area contributed by atoms with Gasteiger partial charge in [-0.05, 0) is 24.6 Å². The number of benzene rings is 1. The van der Waals surface area contributed by atoms with E-state index < -0.39 is 15.8 Å². The summed E-state index contributed by atoms with van der Waals surface area (Å²) >= 11 is 0. The smallest absolute Gasteiger partial charge is 0.246 e. The van der Waals surface area contributed by atoms with Crippen LogP contribution in [0.15, 0.2) is 23.1 Å². The van der Waals surface area contributed by atoms with Gasteiger partial charge in [0.05, 0.1) is 7.11 Å². The van der Waals surface area contributed by atoms with Gasteiger partial charge in [0, 0.05) is 13.6 Å². The molecule has 0 amide bonds.